The Morgan fingerprint density at radius 2 is 1.93 bits per heavy atom. The molecule has 0 bridgehead atoms. The second-order valence-electron chi connectivity index (χ2n) is 6.53. The van der Waals surface area contributed by atoms with Crippen LogP contribution in [0.2, 0.25) is 0 Å². The Bertz CT molecular complexity index is 1060. The van der Waals surface area contributed by atoms with Crippen LogP contribution in [0.3, 0.4) is 0 Å². The van der Waals surface area contributed by atoms with Crippen molar-refractivity contribution in [3.05, 3.63) is 70.7 Å². The highest BCUT2D eigenvalue weighted by molar-refractivity contribution is 9.10. The van der Waals surface area contributed by atoms with Gasteiger partial charge in [-0.1, -0.05) is 52.0 Å². The summed E-state index contributed by atoms with van der Waals surface area (Å²) in [6.45, 7) is 6.47. The maximum absolute atomic E-state index is 12.1. The second-order valence-corrected chi connectivity index (χ2v) is 8.39. The maximum Gasteiger partial charge on any atom is 0.250 e. The summed E-state index contributed by atoms with van der Waals surface area (Å²) in [5, 5.41) is 22.4. The van der Waals surface area contributed by atoms with Gasteiger partial charge in [0, 0.05) is 16.6 Å². The zero-order chi connectivity index (χ0) is 21.5. The molecule has 30 heavy (non-hydrogen) atoms. The average Bonchev–Trinajstić information content (AvgIpc) is 3.10. The molecule has 0 aliphatic rings. The van der Waals surface area contributed by atoms with E-state index >= 15 is 0 Å². The molecule has 0 radical (unpaired) electrons. The number of thioether (sulfide) groups is 1. The van der Waals surface area contributed by atoms with Crippen LogP contribution in [0.5, 0.6) is 5.75 Å². The predicted octanol–water partition coefficient (Wildman–Crippen LogP) is 4.23. The van der Waals surface area contributed by atoms with E-state index in [1.165, 1.54) is 18.0 Å². The zero-order valence-electron chi connectivity index (χ0n) is 16.2. The van der Waals surface area contributed by atoms with Crippen LogP contribution in [0.15, 0.2) is 75.4 Å². The molecule has 0 aliphatic heterocycles. The first-order valence-corrected chi connectivity index (χ1v) is 10.8. The minimum absolute atomic E-state index is 0.140. The van der Waals surface area contributed by atoms with Crippen molar-refractivity contribution in [3.63, 3.8) is 0 Å². The van der Waals surface area contributed by atoms with E-state index in [0.29, 0.717) is 11.7 Å². The fraction of sp³-hybridized carbons (Fsp3) is 0.143. The van der Waals surface area contributed by atoms with Gasteiger partial charge in [-0.05, 0) is 48.9 Å². The van der Waals surface area contributed by atoms with Crippen LogP contribution in [-0.2, 0) is 11.3 Å². The number of phenolic OH excluding ortho intramolecular Hbond substituents is 1. The van der Waals surface area contributed by atoms with Gasteiger partial charge in [-0.2, -0.15) is 5.10 Å². The molecule has 9 heteroatoms. The highest BCUT2D eigenvalue weighted by atomic mass is 79.9. The number of nitrogens with one attached hydrogen (secondary N) is 1. The number of rotatable bonds is 8. The van der Waals surface area contributed by atoms with E-state index in [1.54, 1.807) is 24.3 Å². The lowest BCUT2D eigenvalue weighted by atomic mass is 10.2. The summed E-state index contributed by atoms with van der Waals surface area (Å²) in [5.74, 6) is 0.777. The molecule has 0 aliphatic carbocycles. The van der Waals surface area contributed by atoms with Crippen molar-refractivity contribution in [1.82, 2.24) is 20.2 Å². The lowest BCUT2D eigenvalue weighted by molar-refractivity contribution is -0.118. The molecule has 0 atom stereocenters. The second kappa shape index (κ2) is 10.2. The third-order valence-corrected chi connectivity index (χ3v) is 5.37. The number of hydrogen-bond acceptors (Lipinski definition) is 6. The summed E-state index contributed by atoms with van der Waals surface area (Å²) in [6.07, 6.45) is 1.51. The Morgan fingerprint density at radius 1 is 1.23 bits per heavy atom. The number of allylic oxidation sites excluding steroid dienone is 1. The van der Waals surface area contributed by atoms with Crippen molar-refractivity contribution in [1.29, 1.82) is 0 Å². The Hall–Kier alpha value is -2.91. The van der Waals surface area contributed by atoms with Crippen molar-refractivity contribution < 1.29 is 9.90 Å². The van der Waals surface area contributed by atoms with Crippen LogP contribution in [0.25, 0.3) is 11.4 Å². The molecule has 0 fully saturated rings. The zero-order valence-corrected chi connectivity index (χ0v) is 18.7. The van der Waals surface area contributed by atoms with Crippen LogP contribution >= 0.6 is 27.7 Å². The number of carbonyl (C=O) groups excluding carboxylic acids is 1. The Balaban J connectivity index is 1.65. The number of nitrogens with zero attached hydrogens (tertiary/aromatic N) is 4. The van der Waals surface area contributed by atoms with Gasteiger partial charge >= 0.3 is 0 Å². The Kier molecular flexibility index (Phi) is 7.42. The maximum atomic E-state index is 12.1. The number of carbonyl (C=O) groups is 1. The molecule has 0 spiro atoms. The van der Waals surface area contributed by atoms with Crippen molar-refractivity contribution in [2.75, 3.05) is 5.75 Å². The summed E-state index contributed by atoms with van der Waals surface area (Å²) < 4.78 is 2.93. The molecule has 1 amide bonds. The molecule has 1 heterocycles. The van der Waals surface area contributed by atoms with E-state index in [-0.39, 0.29) is 17.4 Å². The van der Waals surface area contributed by atoms with Gasteiger partial charge < -0.3 is 5.11 Å². The summed E-state index contributed by atoms with van der Waals surface area (Å²) >= 11 is 4.72. The number of amides is 1. The van der Waals surface area contributed by atoms with E-state index in [2.05, 4.69) is 43.2 Å². The smallest absolute Gasteiger partial charge is 0.250 e. The first-order valence-electron chi connectivity index (χ1n) is 8.99. The minimum atomic E-state index is -0.259. The predicted molar refractivity (Wildman–Crippen MR) is 123 cm³/mol. The summed E-state index contributed by atoms with van der Waals surface area (Å²) in [7, 11) is 0. The first-order chi connectivity index (χ1) is 14.4. The lowest BCUT2D eigenvalue weighted by Gasteiger charge is -2.10. The quantitative estimate of drug-likeness (QED) is 0.215. The van der Waals surface area contributed by atoms with E-state index in [4.69, 9.17) is 0 Å². The fourth-order valence-corrected chi connectivity index (χ4v) is 3.52. The first kappa shape index (κ1) is 21.8. The van der Waals surface area contributed by atoms with Crippen molar-refractivity contribution in [2.24, 2.45) is 5.10 Å². The van der Waals surface area contributed by atoms with Gasteiger partial charge in [0.15, 0.2) is 11.0 Å². The van der Waals surface area contributed by atoms with Gasteiger partial charge in [0.2, 0.25) is 0 Å². The number of aromatic nitrogens is 3. The molecular formula is C21H20BrN5O2S. The third kappa shape index (κ3) is 6.04. The summed E-state index contributed by atoms with van der Waals surface area (Å²) in [5.41, 5.74) is 5.14. The van der Waals surface area contributed by atoms with Gasteiger partial charge in [-0.25, -0.2) is 5.43 Å². The largest absolute Gasteiger partial charge is 0.508 e. The molecule has 0 saturated carbocycles. The van der Waals surface area contributed by atoms with Gasteiger partial charge in [0.1, 0.15) is 5.75 Å². The van der Waals surface area contributed by atoms with Crippen LogP contribution in [0.4, 0.5) is 0 Å². The highest BCUT2D eigenvalue weighted by Gasteiger charge is 2.15. The van der Waals surface area contributed by atoms with Gasteiger partial charge in [-0.15, -0.1) is 10.2 Å². The van der Waals surface area contributed by atoms with E-state index in [9.17, 15) is 9.90 Å². The minimum Gasteiger partial charge on any atom is -0.508 e. The van der Waals surface area contributed by atoms with Crippen LogP contribution in [-0.4, -0.2) is 37.7 Å². The van der Waals surface area contributed by atoms with Gasteiger partial charge in [-0.3, -0.25) is 9.36 Å². The lowest BCUT2D eigenvalue weighted by Crippen LogP contribution is -2.20. The summed E-state index contributed by atoms with van der Waals surface area (Å²) in [6, 6.07) is 14.3. The SMILES string of the molecule is C=C(C)Cn1c(SCC(=O)NN=Cc2ccc(O)cc2)nnc1-c1ccc(Br)cc1. The van der Waals surface area contributed by atoms with Gasteiger partial charge in [0.25, 0.3) is 5.91 Å². The molecule has 3 rings (SSSR count). The number of aromatic hydroxyl groups is 1. The Morgan fingerprint density at radius 3 is 2.60 bits per heavy atom. The molecule has 2 N–H and O–H groups in total. The third-order valence-electron chi connectivity index (χ3n) is 3.88. The molecule has 2 aromatic carbocycles. The van der Waals surface area contributed by atoms with Crippen molar-refractivity contribution in [2.45, 2.75) is 18.6 Å². The highest BCUT2D eigenvalue weighted by Crippen LogP contribution is 2.26. The molecule has 3 aromatic rings. The number of hydrazone groups is 1. The van der Waals surface area contributed by atoms with E-state index in [0.717, 1.165) is 27.0 Å². The fourth-order valence-electron chi connectivity index (χ4n) is 2.52. The van der Waals surface area contributed by atoms with Crippen molar-refractivity contribution in [3.8, 4) is 17.1 Å². The average molecular weight is 486 g/mol. The van der Waals surface area contributed by atoms with Crippen LogP contribution in [0, 0.1) is 0 Å². The molecule has 0 unspecified atom stereocenters. The van der Waals surface area contributed by atoms with Gasteiger partial charge in [0.05, 0.1) is 12.0 Å². The summed E-state index contributed by atoms with van der Waals surface area (Å²) in [4.78, 5) is 12.1. The molecule has 1 aromatic heterocycles. The van der Waals surface area contributed by atoms with Crippen LogP contribution < -0.4 is 5.43 Å². The number of hydrogen-bond donors (Lipinski definition) is 2. The standard InChI is InChI=1S/C21H20BrN5O2S/c1-14(2)12-27-20(16-5-7-17(22)8-6-16)25-26-21(27)30-13-19(29)24-23-11-15-3-9-18(28)10-4-15/h3-11,28H,1,12-13H2,2H3,(H,24,29). The topological polar surface area (TPSA) is 92.4 Å². The normalized spacial score (nSPS) is 11.0. The van der Waals surface area contributed by atoms with E-state index in [1.807, 2.05) is 35.8 Å². The number of halogens is 1. The molecule has 154 valence electrons. The Labute approximate surface area is 187 Å². The monoisotopic (exact) mass is 485 g/mol. The van der Waals surface area contributed by atoms with E-state index < -0.39 is 0 Å². The van der Waals surface area contributed by atoms with Crippen LogP contribution in [0.1, 0.15) is 12.5 Å². The number of phenols is 1. The molecule has 7 nitrogen and oxygen atoms in total. The van der Waals surface area contributed by atoms with Crippen molar-refractivity contribution >= 4 is 39.8 Å². The molecular weight excluding hydrogens is 466 g/mol. The molecule has 0 saturated heterocycles. The number of benzene rings is 2.